The van der Waals surface area contributed by atoms with Gasteiger partial charge in [0.05, 0.1) is 10.0 Å². The predicted molar refractivity (Wildman–Crippen MR) is 78.6 cm³/mol. The summed E-state index contributed by atoms with van der Waals surface area (Å²) in [5.74, 6) is -0.00957. The van der Waals surface area contributed by atoms with Gasteiger partial charge in [-0.1, -0.05) is 80.0 Å². The molecule has 0 atom stereocenters. The van der Waals surface area contributed by atoms with Crippen molar-refractivity contribution in [3.63, 3.8) is 0 Å². The number of phenolic OH excluding ortho intramolecular Hbond substituents is 1. The van der Waals surface area contributed by atoms with E-state index in [0.29, 0.717) is 24.5 Å². The van der Waals surface area contributed by atoms with Gasteiger partial charge in [0.1, 0.15) is 10.8 Å². The second-order valence-electron chi connectivity index (χ2n) is 2.51. The lowest BCUT2D eigenvalue weighted by atomic mass is 10.1. The van der Waals surface area contributed by atoms with Crippen LogP contribution in [0, 0.1) is 0 Å². The minimum absolute atomic E-state index is 0.00957. The highest BCUT2D eigenvalue weighted by Crippen LogP contribution is 2.44. The van der Waals surface area contributed by atoms with Gasteiger partial charge in [0.2, 0.25) is 0 Å². The Labute approximate surface area is 124 Å². The molecule has 0 fully saturated rings. The van der Waals surface area contributed by atoms with Gasteiger partial charge in [0.15, 0.2) is 0 Å². The zero-order valence-corrected chi connectivity index (χ0v) is 13.3. The van der Waals surface area contributed by atoms with Crippen molar-refractivity contribution < 1.29 is 5.11 Å². The van der Waals surface area contributed by atoms with Gasteiger partial charge in [-0.3, -0.25) is 0 Å². The Kier molecular flexibility index (Phi) is 5.38. The smallest absolute Gasteiger partial charge is 0.141 e. The van der Waals surface area contributed by atoms with Crippen molar-refractivity contribution in [3.05, 3.63) is 26.2 Å². The lowest BCUT2D eigenvalue weighted by Crippen LogP contribution is -1.91. The van der Waals surface area contributed by atoms with Crippen molar-refractivity contribution in [1.82, 2.24) is 0 Å². The molecule has 0 amide bonds. The molecule has 0 radical (unpaired) electrons. The molecule has 1 N–H and O–H groups in total. The van der Waals surface area contributed by atoms with Crippen LogP contribution in [0.25, 0.3) is 0 Å². The molecule has 14 heavy (non-hydrogen) atoms. The Bertz CT molecular complexity index is 337. The van der Waals surface area contributed by atoms with E-state index in [9.17, 15) is 5.11 Å². The van der Waals surface area contributed by atoms with E-state index in [0.717, 1.165) is 5.56 Å². The van der Waals surface area contributed by atoms with E-state index >= 15 is 0 Å². The number of phenols is 1. The minimum Gasteiger partial charge on any atom is -0.506 e. The topological polar surface area (TPSA) is 20.2 Å². The number of hydrogen-bond donors (Lipinski definition) is 1. The summed E-state index contributed by atoms with van der Waals surface area (Å²) in [5.41, 5.74) is 1.43. The fourth-order valence-corrected chi connectivity index (χ4v) is 4.02. The van der Waals surface area contributed by atoms with Crippen molar-refractivity contribution in [2.24, 2.45) is 0 Å². The number of benzene rings is 1. The summed E-state index contributed by atoms with van der Waals surface area (Å²) >= 11 is 22.2. The fraction of sp³-hybridized carbons (Fsp3) is 0.250. The molecule has 1 aromatic rings. The third kappa shape index (κ3) is 2.36. The highest BCUT2D eigenvalue weighted by Gasteiger charge is 2.19. The number of halogens is 5. The molecule has 0 saturated carbocycles. The monoisotopic (exact) mass is 476 g/mol. The Morgan fingerprint density at radius 3 is 1.79 bits per heavy atom. The van der Waals surface area contributed by atoms with E-state index in [4.69, 9.17) is 34.8 Å². The van der Waals surface area contributed by atoms with Gasteiger partial charge >= 0.3 is 0 Å². The molecular weight excluding hydrogens is 472 g/mol. The van der Waals surface area contributed by atoms with Gasteiger partial charge in [0.25, 0.3) is 0 Å². The summed E-state index contributed by atoms with van der Waals surface area (Å²) in [5, 5.41) is 10.7. The third-order valence-corrected chi connectivity index (χ3v) is 4.61. The Morgan fingerprint density at radius 1 is 0.857 bits per heavy atom. The molecule has 0 aromatic heterocycles. The molecule has 1 rings (SSSR count). The maximum absolute atomic E-state index is 9.67. The standard InChI is InChI=1S/C8H5Cl3I2O/c9-5-3(1-12)6(10)7(11)8(14)4(5)2-13/h14H,1-2H2. The fourth-order valence-electron chi connectivity index (χ4n) is 0.991. The first-order valence-corrected chi connectivity index (χ1v) is 7.72. The summed E-state index contributed by atoms with van der Waals surface area (Å²) < 4.78 is 1.27. The first kappa shape index (κ1) is 13.4. The van der Waals surface area contributed by atoms with Gasteiger partial charge in [-0.25, -0.2) is 0 Å². The van der Waals surface area contributed by atoms with Crippen molar-refractivity contribution >= 4 is 80.0 Å². The first-order valence-electron chi connectivity index (χ1n) is 3.53. The van der Waals surface area contributed by atoms with Gasteiger partial charge in [-0.05, 0) is 0 Å². The van der Waals surface area contributed by atoms with Crippen LogP contribution >= 0.6 is 80.0 Å². The lowest BCUT2D eigenvalue weighted by molar-refractivity contribution is 0.471. The molecule has 0 aliphatic heterocycles. The molecule has 1 nitrogen and oxygen atoms in total. The van der Waals surface area contributed by atoms with E-state index in [1.807, 2.05) is 0 Å². The third-order valence-electron chi connectivity index (χ3n) is 1.75. The molecule has 0 saturated heterocycles. The SMILES string of the molecule is Oc1c(Cl)c(Cl)c(CI)c(Cl)c1CI. The minimum atomic E-state index is -0.00957. The van der Waals surface area contributed by atoms with Crippen molar-refractivity contribution in [2.45, 2.75) is 8.86 Å². The quantitative estimate of drug-likeness (QED) is 0.352. The van der Waals surface area contributed by atoms with Crippen LogP contribution in [-0.4, -0.2) is 5.11 Å². The van der Waals surface area contributed by atoms with Crippen LogP contribution in [0.15, 0.2) is 0 Å². The average Bonchev–Trinajstić information content (AvgIpc) is 2.16. The predicted octanol–water partition coefficient (Wildman–Crippen LogP) is 5.22. The van der Waals surface area contributed by atoms with E-state index in [1.54, 1.807) is 0 Å². The Morgan fingerprint density at radius 2 is 1.36 bits per heavy atom. The summed E-state index contributed by atoms with van der Waals surface area (Å²) in [6.45, 7) is 0. The summed E-state index contributed by atoms with van der Waals surface area (Å²) in [4.78, 5) is 0. The zero-order valence-electron chi connectivity index (χ0n) is 6.75. The van der Waals surface area contributed by atoms with Gasteiger partial charge in [0, 0.05) is 20.0 Å². The van der Waals surface area contributed by atoms with Crippen LogP contribution in [0.3, 0.4) is 0 Å². The summed E-state index contributed by atoms with van der Waals surface area (Å²) in [6.07, 6.45) is 0. The van der Waals surface area contributed by atoms with Crippen molar-refractivity contribution in [3.8, 4) is 5.75 Å². The molecule has 1 aromatic carbocycles. The van der Waals surface area contributed by atoms with Crippen LogP contribution < -0.4 is 0 Å². The van der Waals surface area contributed by atoms with E-state index in [2.05, 4.69) is 45.2 Å². The molecule has 0 bridgehead atoms. The van der Waals surface area contributed by atoms with Crippen LogP contribution in [0.2, 0.25) is 15.1 Å². The molecule has 0 unspecified atom stereocenters. The maximum Gasteiger partial charge on any atom is 0.141 e. The largest absolute Gasteiger partial charge is 0.506 e. The van der Waals surface area contributed by atoms with Crippen molar-refractivity contribution in [2.75, 3.05) is 0 Å². The van der Waals surface area contributed by atoms with E-state index in [-0.39, 0.29) is 10.8 Å². The Hall–Kier alpha value is 1.35. The van der Waals surface area contributed by atoms with Crippen LogP contribution in [0.1, 0.15) is 11.1 Å². The van der Waals surface area contributed by atoms with Gasteiger partial charge in [-0.15, -0.1) is 0 Å². The molecule has 78 valence electrons. The van der Waals surface area contributed by atoms with E-state index in [1.165, 1.54) is 0 Å². The zero-order chi connectivity index (χ0) is 10.9. The summed E-state index contributed by atoms with van der Waals surface area (Å²) in [6, 6.07) is 0. The number of rotatable bonds is 2. The molecular formula is C8H5Cl3I2O. The average molecular weight is 477 g/mol. The molecule has 6 heteroatoms. The number of alkyl halides is 2. The van der Waals surface area contributed by atoms with E-state index < -0.39 is 0 Å². The van der Waals surface area contributed by atoms with Crippen LogP contribution in [0.5, 0.6) is 5.75 Å². The molecule has 0 spiro atoms. The maximum atomic E-state index is 9.67. The lowest BCUT2D eigenvalue weighted by Gasteiger charge is -2.12. The first-order chi connectivity index (χ1) is 6.54. The number of hydrogen-bond acceptors (Lipinski definition) is 1. The summed E-state index contributed by atoms with van der Waals surface area (Å²) in [7, 11) is 0. The van der Waals surface area contributed by atoms with Crippen molar-refractivity contribution in [1.29, 1.82) is 0 Å². The second-order valence-corrected chi connectivity index (χ2v) is 5.17. The normalized spacial score (nSPS) is 10.6. The van der Waals surface area contributed by atoms with Gasteiger partial charge < -0.3 is 5.11 Å². The molecule has 0 aliphatic rings. The van der Waals surface area contributed by atoms with Crippen LogP contribution in [0.4, 0.5) is 0 Å². The van der Waals surface area contributed by atoms with Crippen LogP contribution in [-0.2, 0) is 8.86 Å². The highest BCUT2D eigenvalue weighted by molar-refractivity contribution is 14.1. The molecule has 0 aliphatic carbocycles. The highest BCUT2D eigenvalue weighted by atomic mass is 127. The number of aromatic hydroxyl groups is 1. The second kappa shape index (κ2) is 5.61. The Balaban J connectivity index is 3.56. The molecule has 0 heterocycles. The van der Waals surface area contributed by atoms with Gasteiger partial charge in [-0.2, -0.15) is 0 Å².